The Morgan fingerprint density at radius 3 is 2.71 bits per heavy atom. The number of hydrogen-bond acceptors (Lipinski definition) is 3. The average Bonchev–Trinajstić information content (AvgIpc) is 2.81. The summed E-state index contributed by atoms with van der Waals surface area (Å²) in [6.45, 7) is 5.00. The summed E-state index contributed by atoms with van der Waals surface area (Å²) in [5, 5.41) is 12.0. The smallest absolute Gasteiger partial charge is 0.0638 e. The summed E-state index contributed by atoms with van der Waals surface area (Å²) in [6, 6.07) is 2.32. The van der Waals surface area contributed by atoms with Crippen LogP contribution in [0.5, 0.6) is 0 Å². The average molecular weight is 233 g/mol. The van der Waals surface area contributed by atoms with Crippen molar-refractivity contribution >= 4 is 0 Å². The standard InChI is InChI=1S/C12H19N5/c1-9-11(8-16(3)15-9)7-13-10(2)12-5-6-14-17(12)4/h5-6,8,10,13H,7H2,1-4H3. The van der Waals surface area contributed by atoms with E-state index in [2.05, 4.69) is 28.6 Å². The van der Waals surface area contributed by atoms with Gasteiger partial charge in [-0.3, -0.25) is 9.36 Å². The van der Waals surface area contributed by atoms with Gasteiger partial charge < -0.3 is 5.32 Å². The predicted octanol–water partition coefficient (Wildman–Crippen LogP) is 1.31. The molecule has 2 aromatic rings. The summed E-state index contributed by atoms with van der Waals surface area (Å²) in [6.07, 6.45) is 3.88. The molecule has 0 amide bonds. The summed E-state index contributed by atoms with van der Waals surface area (Å²) in [5.74, 6) is 0. The van der Waals surface area contributed by atoms with Gasteiger partial charge in [0.15, 0.2) is 0 Å². The Morgan fingerprint density at radius 2 is 2.18 bits per heavy atom. The number of nitrogens with one attached hydrogen (secondary N) is 1. The highest BCUT2D eigenvalue weighted by Gasteiger charge is 2.10. The number of aryl methyl sites for hydroxylation is 3. The topological polar surface area (TPSA) is 47.7 Å². The largest absolute Gasteiger partial charge is 0.305 e. The minimum absolute atomic E-state index is 0.280. The lowest BCUT2D eigenvalue weighted by Crippen LogP contribution is -2.20. The third kappa shape index (κ3) is 2.55. The lowest BCUT2D eigenvalue weighted by Gasteiger charge is -2.13. The van der Waals surface area contributed by atoms with E-state index in [4.69, 9.17) is 0 Å². The third-order valence-electron chi connectivity index (χ3n) is 3.02. The molecule has 0 aromatic carbocycles. The monoisotopic (exact) mass is 233 g/mol. The van der Waals surface area contributed by atoms with Crippen LogP contribution in [-0.2, 0) is 20.6 Å². The van der Waals surface area contributed by atoms with Crippen molar-refractivity contribution in [3.05, 3.63) is 35.4 Å². The quantitative estimate of drug-likeness (QED) is 0.866. The lowest BCUT2D eigenvalue weighted by atomic mass is 10.2. The second-order valence-electron chi connectivity index (χ2n) is 4.40. The Kier molecular flexibility index (Phi) is 3.28. The van der Waals surface area contributed by atoms with Gasteiger partial charge in [0.1, 0.15) is 0 Å². The molecule has 1 atom stereocenters. The van der Waals surface area contributed by atoms with Gasteiger partial charge in [0.2, 0.25) is 0 Å². The number of nitrogens with zero attached hydrogens (tertiary/aromatic N) is 4. The van der Waals surface area contributed by atoms with Crippen LogP contribution in [-0.4, -0.2) is 19.6 Å². The van der Waals surface area contributed by atoms with Gasteiger partial charge >= 0.3 is 0 Å². The second-order valence-corrected chi connectivity index (χ2v) is 4.40. The molecule has 17 heavy (non-hydrogen) atoms. The molecule has 2 heterocycles. The van der Waals surface area contributed by atoms with E-state index in [1.165, 1.54) is 11.3 Å². The van der Waals surface area contributed by atoms with Crippen LogP contribution in [0.3, 0.4) is 0 Å². The van der Waals surface area contributed by atoms with Crippen molar-refractivity contribution in [1.82, 2.24) is 24.9 Å². The normalized spacial score (nSPS) is 12.9. The van der Waals surface area contributed by atoms with E-state index in [1.54, 1.807) is 0 Å². The molecule has 5 nitrogen and oxygen atoms in total. The van der Waals surface area contributed by atoms with Crippen LogP contribution >= 0.6 is 0 Å². The zero-order valence-corrected chi connectivity index (χ0v) is 10.8. The first-order valence-corrected chi connectivity index (χ1v) is 5.78. The second kappa shape index (κ2) is 4.71. The van der Waals surface area contributed by atoms with Crippen LogP contribution in [0.4, 0.5) is 0 Å². The first-order valence-electron chi connectivity index (χ1n) is 5.78. The van der Waals surface area contributed by atoms with E-state index in [-0.39, 0.29) is 6.04 Å². The molecule has 5 heteroatoms. The van der Waals surface area contributed by atoms with Gasteiger partial charge in [-0.05, 0) is 19.9 Å². The first kappa shape index (κ1) is 11.9. The van der Waals surface area contributed by atoms with Gasteiger partial charge in [0.05, 0.1) is 11.4 Å². The van der Waals surface area contributed by atoms with Gasteiger partial charge in [0, 0.05) is 44.6 Å². The van der Waals surface area contributed by atoms with E-state index in [1.807, 2.05) is 42.6 Å². The first-order chi connectivity index (χ1) is 8.08. The number of aromatic nitrogens is 4. The molecule has 0 spiro atoms. The van der Waals surface area contributed by atoms with Crippen molar-refractivity contribution in [1.29, 1.82) is 0 Å². The molecular formula is C12H19N5. The van der Waals surface area contributed by atoms with Gasteiger partial charge in [-0.1, -0.05) is 0 Å². The fraction of sp³-hybridized carbons (Fsp3) is 0.500. The van der Waals surface area contributed by atoms with E-state index >= 15 is 0 Å². The minimum atomic E-state index is 0.280. The SMILES string of the molecule is Cc1nn(C)cc1CNC(C)c1ccnn1C. The Hall–Kier alpha value is -1.62. The highest BCUT2D eigenvalue weighted by atomic mass is 15.3. The van der Waals surface area contributed by atoms with Gasteiger partial charge in [-0.25, -0.2) is 0 Å². The van der Waals surface area contributed by atoms with Crippen molar-refractivity contribution in [2.75, 3.05) is 0 Å². The van der Waals surface area contributed by atoms with Crippen molar-refractivity contribution in [3.63, 3.8) is 0 Å². The summed E-state index contributed by atoms with van der Waals surface area (Å²) in [4.78, 5) is 0. The fourth-order valence-corrected chi connectivity index (χ4v) is 2.00. The van der Waals surface area contributed by atoms with Crippen molar-refractivity contribution in [3.8, 4) is 0 Å². The molecule has 2 aromatic heterocycles. The molecular weight excluding hydrogens is 214 g/mol. The molecule has 0 aliphatic carbocycles. The van der Waals surface area contributed by atoms with Crippen molar-refractivity contribution in [2.24, 2.45) is 14.1 Å². The van der Waals surface area contributed by atoms with Crippen LogP contribution in [0.15, 0.2) is 18.5 Å². The summed E-state index contributed by atoms with van der Waals surface area (Å²) in [5.41, 5.74) is 3.50. The van der Waals surface area contributed by atoms with Crippen LogP contribution in [0.2, 0.25) is 0 Å². The Morgan fingerprint density at radius 1 is 1.41 bits per heavy atom. The molecule has 2 rings (SSSR count). The molecule has 0 bridgehead atoms. The number of hydrogen-bond donors (Lipinski definition) is 1. The lowest BCUT2D eigenvalue weighted by molar-refractivity contribution is 0.529. The molecule has 1 N–H and O–H groups in total. The maximum atomic E-state index is 4.33. The highest BCUT2D eigenvalue weighted by Crippen LogP contribution is 2.12. The molecule has 0 saturated heterocycles. The Bertz CT molecular complexity index is 497. The number of rotatable bonds is 4. The van der Waals surface area contributed by atoms with Crippen molar-refractivity contribution in [2.45, 2.75) is 26.4 Å². The van der Waals surface area contributed by atoms with E-state index in [0.29, 0.717) is 0 Å². The summed E-state index contributed by atoms with van der Waals surface area (Å²) < 4.78 is 3.74. The van der Waals surface area contributed by atoms with Crippen molar-refractivity contribution < 1.29 is 0 Å². The maximum absolute atomic E-state index is 4.33. The zero-order valence-electron chi connectivity index (χ0n) is 10.8. The third-order valence-corrected chi connectivity index (χ3v) is 3.02. The Balaban J connectivity index is 1.99. The molecule has 0 saturated carbocycles. The zero-order chi connectivity index (χ0) is 12.4. The van der Waals surface area contributed by atoms with Crippen LogP contribution in [0.1, 0.15) is 29.9 Å². The summed E-state index contributed by atoms with van der Waals surface area (Å²) in [7, 11) is 3.91. The fourth-order valence-electron chi connectivity index (χ4n) is 2.00. The molecule has 0 aliphatic heterocycles. The van der Waals surface area contributed by atoms with Crippen LogP contribution < -0.4 is 5.32 Å². The highest BCUT2D eigenvalue weighted by molar-refractivity contribution is 5.15. The van der Waals surface area contributed by atoms with E-state index in [0.717, 1.165) is 12.2 Å². The van der Waals surface area contributed by atoms with E-state index < -0.39 is 0 Å². The minimum Gasteiger partial charge on any atom is -0.305 e. The Labute approximate surface area is 101 Å². The molecule has 1 unspecified atom stereocenters. The molecule has 0 radical (unpaired) electrons. The van der Waals surface area contributed by atoms with Crippen LogP contribution in [0, 0.1) is 6.92 Å². The van der Waals surface area contributed by atoms with Gasteiger partial charge in [-0.15, -0.1) is 0 Å². The molecule has 0 aliphatic rings. The summed E-state index contributed by atoms with van der Waals surface area (Å²) >= 11 is 0. The van der Waals surface area contributed by atoms with Gasteiger partial charge in [-0.2, -0.15) is 10.2 Å². The van der Waals surface area contributed by atoms with Crippen LogP contribution in [0.25, 0.3) is 0 Å². The van der Waals surface area contributed by atoms with Gasteiger partial charge in [0.25, 0.3) is 0 Å². The predicted molar refractivity (Wildman–Crippen MR) is 66.4 cm³/mol. The molecule has 0 fully saturated rings. The van der Waals surface area contributed by atoms with E-state index in [9.17, 15) is 0 Å². The maximum Gasteiger partial charge on any atom is 0.0638 e. The molecule has 92 valence electrons.